The van der Waals surface area contributed by atoms with Crippen LogP contribution >= 0.6 is 11.8 Å². The lowest BCUT2D eigenvalue weighted by atomic mass is 10.0. The maximum absolute atomic E-state index is 12.9. The molecule has 192 valence electrons. The maximum Gasteiger partial charge on any atom is 0.293 e. The molecule has 1 aliphatic heterocycles. The Morgan fingerprint density at radius 3 is 2.62 bits per heavy atom. The number of methoxy groups -OCH3 is 1. The summed E-state index contributed by atoms with van der Waals surface area (Å²) in [5, 5.41) is 2.04. The molecule has 4 rings (SSSR count). The zero-order chi connectivity index (χ0) is 26.2. The third kappa shape index (κ3) is 6.24. The Hall–Kier alpha value is -3.55. The van der Waals surface area contributed by atoms with E-state index in [0.29, 0.717) is 55.6 Å². The van der Waals surface area contributed by atoms with E-state index in [2.05, 4.69) is 30.8 Å². The Balaban J connectivity index is 1.63. The van der Waals surface area contributed by atoms with Crippen LogP contribution < -0.4 is 9.47 Å². The Bertz CT molecular complexity index is 1330. The first kappa shape index (κ1) is 26.5. The highest BCUT2D eigenvalue weighted by atomic mass is 32.2. The van der Waals surface area contributed by atoms with Crippen LogP contribution in [-0.4, -0.2) is 42.9 Å². The predicted octanol–water partition coefficient (Wildman–Crippen LogP) is 6.62. The summed E-state index contributed by atoms with van der Waals surface area (Å²) in [4.78, 5) is 26.9. The highest BCUT2D eigenvalue weighted by molar-refractivity contribution is 8.18. The second kappa shape index (κ2) is 12.6. The van der Waals surface area contributed by atoms with E-state index < -0.39 is 0 Å². The van der Waals surface area contributed by atoms with E-state index in [1.54, 1.807) is 13.2 Å². The van der Waals surface area contributed by atoms with E-state index in [0.717, 1.165) is 39.2 Å². The number of fused-ring (bicyclic) bond motifs is 1. The molecule has 0 spiro atoms. The van der Waals surface area contributed by atoms with Crippen LogP contribution in [0.25, 0.3) is 16.8 Å². The average Bonchev–Trinajstić information content (AvgIpc) is 3.16. The van der Waals surface area contributed by atoms with Crippen LogP contribution in [0.4, 0.5) is 4.79 Å². The molecule has 1 saturated heterocycles. The SMILES string of the molecule is C=CCc1cc(/C=C2/SC(=O)N(CCCOC)C2=O)cc(OCC)c1OCc1cccc2ccccc12. The van der Waals surface area contributed by atoms with Crippen molar-refractivity contribution in [3.05, 3.63) is 88.8 Å². The number of ether oxygens (including phenoxy) is 3. The quantitative estimate of drug-likeness (QED) is 0.153. The van der Waals surface area contributed by atoms with Gasteiger partial charge in [-0.2, -0.15) is 0 Å². The molecule has 1 heterocycles. The summed E-state index contributed by atoms with van der Waals surface area (Å²) in [6, 6.07) is 18.2. The van der Waals surface area contributed by atoms with Gasteiger partial charge in [-0.25, -0.2) is 0 Å². The van der Waals surface area contributed by atoms with Gasteiger partial charge < -0.3 is 14.2 Å². The third-order valence-corrected chi connectivity index (χ3v) is 6.88. The molecule has 0 saturated carbocycles. The monoisotopic (exact) mass is 517 g/mol. The lowest BCUT2D eigenvalue weighted by molar-refractivity contribution is -0.122. The van der Waals surface area contributed by atoms with Crippen LogP contribution in [0.5, 0.6) is 11.5 Å². The molecule has 1 fully saturated rings. The molecule has 0 aromatic heterocycles. The summed E-state index contributed by atoms with van der Waals surface area (Å²) in [6.07, 6.45) is 4.71. The van der Waals surface area contributed by atoms with Crippen LogP contribution in [0.1, 0.15) is 30.0 Å². The molecule has 0 radical (unpaired) electrons. The fraction of sp³-hybridized carbons (Fsp3) is 0.267. The van der Waals surface area contributed by atoms with Crippen LogP contribution in [0.2, 0.25) is 0 Å². The number of amides is 2. The zero-order valence-electron chi connectivity index (χ0n) is 21.2. The van der Waals surface area contributed by atoms with E-state index in [1.807, 2.05) is 43.3 Å². The maximum atomic E-state index is 12.9. The minimum atomic E-state index is -0.286. The summed E-state index contributed by atoms with van der Waals surface area (Å²) in [6.45, 7) is 7.48. The number of benzene rings is 3. The van der Waals surface area contributed by atoms with Gasteiger partial charge >= 0.3 is 0 Å². The highest BCUT2D eigenvalue weighted by Gasteiger charge is 2.34. The normalized spacial score (nSPS) is 14.5. The first-order valence-electron chi connectivity index (χ1n) is 12.3. The number of carbonyl (C=O) groups is 2. The number of thioether (sulfide) groups is 1. The van der Waals surface area contributed by atoms with Crippen LogP contribution in [0, 0.1) is 0 Å². The van der Waals surface area contributed by atoms with Gasteiger partial charge in [0, 0.05) is 25.8 Å². The molecule has 3 aromatic rings. The fourth-order valence-corrected chi connectivity index (χ4v) is 5.15. The molecular weight excluding hydrogens is 486 g/mol. The van der Waals surface area contributed by atoms with Gasteiger partial charge in [-0.1, -0.05) is 48.5 Å². The van der Waals surface area contributed by atoms with Crippen molar-refractivity contribution in [3.63, 3.8) is 0 Å². The van der Waals surface area contributed by atoms with Gasteiger partial charge in [-0.05, 0) is 71.6 Å². The number of hydrogen-bond acceptors (Lipinski definition) is 6. The van der Waals surface area contributed by atoms with Crippen LogP contribution in [0.15, 0.2) is 72.2 Å². The first-order valence-corrected chi connectivity index (χ1v) is 13.1. The Labute approximate surface area is 221 Å². The summed E-state index contributed by atoms with van der Waals surface area (Å²) in [7, 11) is 1.60. The minimum absolute atomic E-state index is 0.265. The summed E-state index contributed by atoms with van der Waals surface area (Å²) in [5.74, 6) is 0.956. The Kier molecular flexibility index (Phi) is 9.04. The van der Waals surface area contributed by atoms with Crippen LogP contribution in [-0.2, 0) is 22.6 Å². The van der Waals surface area contributed by atoms with Gasteiger partial charge in [0.25, 0.3) is 11.1 Å². The molecule has 0 bridgehead atoms. The largest absolute Gasteiger partial charge is 0.490 e. The van der Waals surface area contributed by atoms with Crippen molar-refractivity contribution >= 4 is 39.8 Å². The molecule has 3 aromatic carbocycles. The van der Waals surface area contributed by atoms with E-state index in [4.69, 9.17) is 14.2 Å². The van der Waals surface area contributed by atoms with Gasteiger partial charge in [0.15, 0.2) is 11.5 Å². The molecule has 0 N–H and O–H groups in total. The summed E-state index contributed by atoms with van der Waals surface area (Å²) in [5.41, 5.74) is 2.74. The van der Waals surface area contributed by atoms with Crippen molar-refractivity contribution in [1.29, 1.82) is 0 Å². The predicted molar refractivity (Wildman–Crippen MR) is 149 cm³/mol. The Morgan fingerprint density at radius 2 is 1.84 bits per heavy atom. The molecule has 37 heavy (non-hydrogen) atoms. The highest BCUT2D eigenvalue weighted by Crippen LogP contribution is 2.38. The number of rotatable bonds is 12. The second-order valence-electron chi connectivity index (χ2n) is 8.54. The minimum Gasteiger partial charge on any atom is -0.490 e. The number of imide groups is 1. The van der Waals surface area contributed by atoms with Crippen molar-refractivity contribution in [2.75, 3.05) is 26.9 Å². The van der Waals surface area contributed by atoms with E-state index in [9.17, 15) is 9.59 Å². The van der Waals surface area contributed by atoms with Gasteiger partial charge in [-0.3, -0.25) is 14.5 Å². The molecule has 0 atom stereocenters. The topological polar surface area (TPSA) is 65.1 Å². The van der Waals surface area contributed by atoms with E-state index >= 15 is 0 Å². The molecular formula is C30H31NO5S. The average molecular weight is 518 g/mol. The lowest BCUT2D eigenvalue weighted by Crippen LogP contribution is -2.29. The molecule has 0 aliphatic carbocycles. The standard InChI is InChI=1S/C30H31NO5S/c1-4-10-23-17-21(19-27-29(32)31(30(33)37-27)15-9-16-34-3)18-26(35-5-2)28(23)36-20-24-13-8-12-22-11-6-7-14-25(22)24/h4,6-8,11-14,17-19H,1,5,9-10,15-16,20H2,2-3H3/b27-19+. The number of allylic oxidation sites excluding steroid dienone is 1. The second-order valence-corrected chi connectivity index (χ2v) is 9.53. The van der Waals surface area contributed by atoms with Crippen molar-refractivity contribution < 1.29 is 23.8 Å². The van der Waals surface area contributed by atoms with E-state index in [-0.39, 0.29) is 11.1 Å². The van der Waals surface area contributed by atoms with Crippen LogP contribution in [0.3, 0.4) is 0 Å². The molecule has 0 unspecified atom stereocenters. The number of nitrogens with zero attached hydrogens (tertiary/aromatic N) is 1. The van der Waals surface area contributed by atoms with Crippen molar-refractivity contribution in [1.82, 2.24) is 4.90 Å². The van der Waals surface area contributed by atoms with Gasteiger partial charge in [0.2, 0.25) is 0 Å². The number of carbonyl (C=O) groups excluding carboxylic acids is 2. The summed E-state index contributed by atoms with van der Waals surface area (Å²) >= 11 is 0.951. The Morgan fingerprint density at radius 1 is 1.03 bits per heavy atom. The van der Waals surface area contributed by atoms with Crippen molar-refractivity contribution in [2.24, 2.45) is 0 Å². The summed E-state index contributed by atoms with van der Waals surface area (Å²) < 4.78 is 17.4. The number of hydrogen-bond donors (Lipinski definition) is 0. The smallest absolute Gasteiger partial charge is 0.293 e. The third-order valence-electron chi connectivity index (χ3n) is 5.97. The van der Waals surface area contributed by atoms with Gasteiger partial charge in [0.1, 0.15) is 6.61 Å². The molecule has 1 aliphatic rings. The zero-order valence-corrected chi connectivity index (χ0v) is 22.0. The van der Waals surface area contributed by atoms with Gasteiger partial charge in [0.05, 0.1) is 11.5 Å². The lowest BCUT2D eigenvalue weighted by Gasteiger charge is -2.17. The van der Waals surface area contributed by atoms with Crippen molar-refractivity contribution in [2.45, 2.75) is 26.4 Å². The molecule has 2 amide bonds. The first-order chi connectivity index (χ1) is 18.0. The van der Waals surface area contributed by atoms with Crippen molar-refractivity contribution in [3.8, 4) is 11.5 Å². The van der Waals surface area contributed by atoms with Gasteiger partial charge in [-0.15, -0.1) is 6.58 Å². The molecule has 7 heteroatoms. The molecule has 6 nitrogen and oxygen atoms in total. The van der Waals surface area contributed by atoms with E-state index in [1.165, 1.54) is 4.90 Å². The fourth-order valence-electron chi connectivity index (χ4n) is 4.28.